The zero-order chi connectivity index (χ0) is 14.4. The van der Waals surface area contributed by atoms with Gasteiger partial charge in [0, 0.05) is 18.2 Å². The zero-order valence-electron chi connectivity index (χ0n) is 12.4. The highest BCUT2D eigenvalue weighted by molar-refractivity contribution is 5.52. The number of rotatable bonds is 7. The van der Waals surface area contributed by atoms with Crippen LogP contribution < -0.4 is 19.9 Å². The van der Waals surface area contributed by atoms with Crippen LogP contribution in [-0.4, -0.2) is 46.4 Å². The molecule has 2 N–H and O–H groups in total. The van der Waals surface area contributed by atoms with E-state index in [-0.39, 0.29) is 6.04 Å². The van der Waals surface area contributed by atoms with Gasteiger partial charge in [0.15, 0.2) is 11.5 Å². The smallest absolute Gasteiger partial charge is 0.164 e. The predicted octanol–water partition coefficient (Wildman–Crippen LogP) is 1.66. The second-order valence-electron chi connectivity index (χ2n) is 4.27. The van der Waals surface area contributed by atoms with E-state index >= 15 is 0 Å². The largest absolute Gasteiger partial charge is 0.496 e. The highest BCUT2D eigenvalue weighted by Crippen LogP contribution is 2.38. The fourth-order valence-corrected chi connectivity index (χ4v) is 2.08. The molecule has 5 nitrogen and oxygen atoms in total. The maximum absolute atomic E-state index is 5.90. The van der Waals surface area contributed by atoms with Gasteiger partial charge in [-0.3, -0.25) is 4.90 Å². The first-order valence-electron chi connectivity index (χ1n) is 6.33. The molecule has 1 aromatic rings. The van der Waals surface area contributed by atoms with Crippen molar-refractivity contribution in [2.75, 3.05) is 41.5 Å². The predicted molar refractivity (Wildman–Crippen MR) is 76.2 cm³/mol. The van der Waals surface area contributed by atoms with Gasteiger partial charge in [0.25, 0.3) is 0 Å². The first kappa shape index (κ1) is 15.6. The van der Waals surface area contributed by atoms with Crippen molar-refractivity contribution in [1.29, 1.82) is 0 Å². The van der Waals surface area contributed by atoms with E-state index in [1.807, 2.05) is 19.2 Å². The molecule has 1 rings (SSSR count). The standard InChI is InChI=1S/C14H24N2O3/c1-6-16(2)11(9-15)10-7-13(18-4)14(19-5)8-12(10)17-3/h7-8,11H,6,9,15H2,1-5H3. The Balaban J connectivity index is 3.31. The lowest BCUT2D eigenvalue weighted by atomic mass is 10.0. The van der Waals surface area contributed by atoms with Crippen LogP contribution in [0, 0.1) is 0 Å². The second-order valence-corrected chi connectivity index (χ2v) is 4.27. The Labute approximate surface area is 115 Å². The van der Waals surface area contributed by atoms with Crippen molar-refractivity contribution in [1.82, 2.24) is 4.90 Å². The summed E-state index contributed by atoms with van der Waals surface area (Å²) in [5, 5.41) is 0. The second kappa shape index (κ2) is 7.21. The Morgan fingerprint density at radius 2 is 1.58 bits per heavy atom. The molecule has 0 bridgehead atoms. The van der Waals surface area contributed by atoms with Crippen molar-refractivity contribution >= 4 is 0 Å². The number of ether oxygens (including phenoxy) is 3. The van der Waals surface area contributed by atoms with E-state index in [0.29, 0.717) is 18.0 Å². The Bertz CT molecular complexity index is 410. The number of nitrogens with zero attached hydrogens (tertiary/aromatic N) is 1. The van der Waals surface area contributed by atoms with Gasteiger partial charge in [-0.05, 0) is 19.7 Å². The van der Waals surface area contributed by atoms with Crippen LogP contribution in [0.15, 0.2) is 12.1 Å². The van der Waals surface area contributed by atoms with E-state index in [2.05, 4.69) is 11.8 Å². The molecule has 0 amide bonds. The lowest BCUT2D eigenvalue weighted by molar-refractivity contribution is 0.254. The summed E-state index contributed by atoms with van der Waals surface area (Å²) in [5.41, 5.74) is 6.90. The van der Waals surface area contributed by atoms with Crippen LogP contribution in [0.25, 0.3) is 0 Å². The molecule has 0 saturated carbocycles. The molecule has 0 aromatic heterocycles. The van der Waals surface area contributed by atoms with Gasteiger partial charge in [-0.25, -0.2) is 0 Å². The molecular formula is C14H24N2O3. The number of methoxy groups -OCH3 is 3. The molecule has 0 saturated heterocycles. The lowest BCUT2D eigenvalue weighted by Gasteiger charge is -2.28. The summed E-state index contributed by atoms with van der Waals surface area (Å²) in [6, 6.07) is 3.85. The maximum atomic E-state index is 5.90. The van der Waals surface area contributed by atoms with Gasteiger partial charge in [0.2, 0.25) is 0 Å². The Morgan fingerprint density at radius 3 is 2.00 bits per heavy atom. The minimum absolute atomic E-state index is 0.0831. The lowest BCUT2D eigenvalue weighted by Crippen LogP contribution is -2.30. The average molecular weight is 268 g/mol. The molecule has 108 valence electrons. The molecule has 0 aliphatic carbocycles. The van der Waals surface area contributed by atoms with Crippen LogP contribution in [0.3, 0.4) is 0 Å². The van der Waals surface area contributed by atoms with E-state index in [1.54, 1.807) is 21.3 Å². The van der Waals surface area contributed by atoms with Crippen LogP contribution in [0.5, 0.6) is 17.2 Å². The topological polar surface area (TPSA) is 57.0 Å². The van der Waals surface area contributed by atoms with Gasteiger partial charge in [0.05, 0.1) is 27.4 Å². The third kappa shape index (κ3) is 3.30. The third-order valence-corrected chi connectivity index (χ3v) is 3.35. The van der Waals surface area contributed by atoms with Crippen LogP contribution in [0.1, 0.15) is 18.5 Å². The number of nitrogens with two attached hydrogens (primary N) is 1. The molecule has 1 aromatic carbocycles. The summed E-state index contributed by atoms with van der Waals surface area (Å²) in [5.74, 6) is 2.09. The molecule has 0 spiro atoms. The molecule has 0 fully saturated rings. The van der Waals surface area contributed by atoms with Crippen LogP contribution in [0.2, 0.25) is 0 Å². The first-order chi connectivity index (χ1) is 9.12. The SMILES string of the molecule is CCN(C)C(CN)c1cc(OC)c(OC)cc1OC. The van der Waals surface area contributed by atoms with Crippen LogP contribution >= 0.6 is 0 Å². The summed E-state index contributed by atoms with van der Waals surface area (Å²) >= 11 is 0. The maximum Gasteiger partial charge on any atom is 0.164 e. The zero-order valence-corrected chi connectivity index (χ0v) is 12.4. The molecule has 0 radical (unpaired) electrons. The van der Waals surface area contributed by atoms with Gasteiger partial charge in [-0.1, -0.05) is 6.92 Å². The number of benzene rings is 1. The Kier molecular flexibility index (Phi) is 5.92. The van der Waals surface area contributed by atoms with Crippen molar-refractivity contribution in [3.63, 3.8) is 0 Å². The number of hydrogen-bond acceptors (Lipinski definition) is 5. The summed E-state index contributed by atoms with van der Waals surface area (Å²) in [4.78, 5) is 2.17. The molecule has 19 heavy (non-hydrogen) atoms. The van der Waals surface area contributed by atoms with E-state index in [9.17, 15) is 0 Å². The molecule has 5 heteroatoms. The summed E-state index contributed by atoms with van der Waals surface area (Å²) in [6.45, 7) is 3.51. The van der Waals surface area contributed by atoms with Crippen molar-refractivity contribution in [3.8, 4) is 17.2 Å². The minimum atomic E-state index is 0.0831. The molecular weight excluding hydrogens is 244 g/mol. The summed E-state index contributed by atoms with van der Waals surface area (Å²) in [6.07, 6.45) is 0. The molecule has 0 aliphatic rings. The van der Waals surface area contributed by atoms with Crippen LogP contribution in [0.4, 0.5) is 0 Å². The number of likely N-dealkylation sites (N-methyl/N-ethyl adjacent to an activating group) is 1. The molecule has 0 aliphatic heterocycles. The normalized spacial score (nSPS) is 12.4. The summed E-state index contributed by atoms with van der Waals surface area (Å²) < 4.78 is 16.1. The van der Waals surface area contributed by atoms with E-state index < -0.39 is 0 Å². The van der Waals surface area contributed by atoms with Crippen molar-refractivity contribution in [2.24, 2.45) is 5.73 Å². The van der Waals surface area contributed by atoms with E-state index in [1.165, 1.54) is 0 Å². The van der Waals surface area contributed by atoms with Gasteiger partial charge < -0.3 is 19.9 Å². The monoisotopic (exact) mass is 268 g/mol. The van der Waals surface area contributed by atoms with E-state index in [0.717, 1.165) is 17.9 Å². The molecule has 0 heterocycles. The highest BCUT2D eigenvalue weighted by atomic mass is 16.5. The van der Waals surface area contributed by atoms with Crippen molar-refractivity contribution < 1.29 is 14.2 Å². The average Bonchev–Trinajstić information content (AvgIpc) is 2.46. The third-order valence-electron chi connectivity index (χ3n) is 3.35. The van der Waals surface area contributed by atoms with Gasteiger partial charge >= 0.3 is 0 Å². The Hall–Kier alpha value is -1.46. The number of hydrogen-bond donors (Lipinski definition) is 1. The van der Waals surface area contributed by atoms with Gasteiger partial charge in [-0.15, -0.1) is 0 Å². The van der Waals surface area contributed by atoms with Crippen molar-refractivity contribution in [3.05, 3.63) is 17.7 Å². The van der Waals surface area contributed by atoms with E-state index in [4.69, 9.17) is 19.9 Å². The fraction of sp³-hybridized carbons (Fsp3) is 0.571. The molecule has 1 atom stereocenters. The Morgan fingerprint density at radius 1 is 1.05 bits per heavy atom. The molecule has 1 unspecified atom stereocenters. The van der Waals surface area contributed by atoms with Crippen LogP contribution in [-0.2, 0) is 0 Å². The highest BCUT2D eigenvalue weighted by Gasteiger charge is 2.21. The summed E-state index contributed by atoms with van der Waals surface area (Å²) in [7, 11) is 6.91. The fourth-order valence-electron chi connectivity index (χ4n) is 2.08. The van der Waals surface area contributed by atoms with Gasteiger partial charge in [0.1, 0.15) is 5.75 Å². The van der Waals surface area contributed by atoms with Gasteiger partial charge in [-0.2, -0.15) is 0 Å². The minimum Gasteiger partial charge on any atom is -0.496 e. The quantitative estimate of drug-likeness (QED) is 0.815. The first-order valence-corrected chi connectivity index (χ1v) is 6.33. The van der Waals surface area contributed by atoms with Crippen molar-refractivity contribution in [2.45, 2.75) is 13.0 Å².